The van der Waals surface area contributed by atoms with Crippen molar-refractivity contribution in [2.75, 3.05) is 5.32 Å². The third-order valence-corrected chi connectivity index (χ3v) is 4.40. The van der Waals surface area contributed by atoms with Crippen molar-refractivity contribution in [3.05, 3.63) is 46.8 Å². The number of rotatable bonds is 8. The molecule has 0 fully saturated rings. The minimum absolute atomic E-state index is 0.0819. The Hall–Kier alpha value is -2.10. The summed E-state index contributed by atoms with van der Waals surface area (Å²) in [5.74, 6) is 0.529. The van der Waals surface area contributed by atoms with Crippen LogP contribution in [-0.2, 0) is 19.9 Å². The highest BCUT2D eigenvalue weighted by Gasteiger charge is 2.14. The summed E-state index contributed by atoms with van der Waals surface area (Å²) in [5.41, 5.74) is 4.10. The highest BCUT2D eigenvalue weighted by Crippen LogP contribution is 2.18. The minimum Gasteiger partial charge on any atom is -0.320 e. The lowest BCUT2D eigenvalue weighted by molar-refractivity contribution is 0.102. The number of unbranched alkanes of at least 4 members (excludes halogenated alkanes) is 2. The average Bonchev–Trinajstić information content (AvgIpc) is 2.89. The summed E-state index contributed by atoms with van der Waals surface area (Å²) in [6.45, 7) is 6.37. The van der Waals surface area contributed by atoms with Crippen LogP contribution in [0.15, 0.2) is 24.4 Å². The molecule has 0 atom stereocenters. The van der Waals surface area contributed by atoms with Crippen molar-refractivity contribution in [2.45, 2.75) is 59.3 Å². The summed E-state index contributed by atoms with van der Waals surface area (Å²) in [6, 6.07) is 6.00. The Labute approximate surface area is 145 Å². The van der Waals surface area contributed by atoms with E-state index in [9.17, 15) is 4.79 Å². The first-order chi connectivity index (χ1) is 11.6. The van der Waals surface area contributed by atoms with E-state index >= 15 is 0 Å². The molecular formula is C20H29N3O. The van der Waals surface area contributed by atoms with Gasteiger partial charge in [0.1, 0.15) is 0 Å². The SMILES string of the molecule is CCCCCc1cccc(C(=O)Nc2nc(CCC)cn2C)c1C. The van der Waals surface area contributed by atoms with Gasteiger partial charge in [0.25, 0.3) is 5.91 Å². The molecule has 0 unspecified atom stereocenters. The van der Waals surface area contributed by atoms with Crippen LogP contribution in [0.25, 0.3) is 0 Å². The van der Waals surface area contributed by atoms with Gasteiger partial charge in [-0.1, -0.05) is 45.2 Å². The van der Waals surface area contributed by atoms with E-state index in [4.69, 9.17) is 0 Å². The molecule has 24 heavy (non-hydrogen) atoms. The second kappa shape index (κ2) is 8.67. The Kier molecular flexibility index (Phi) is 6.59. The number of aromatic nitrogens is 2. The standard InChI is InChI=1S/C20H29N3O/c1-5-7-8-11-16-12-9-13-18(15(16)3)19(24)22-20-21-17(10-6-2)14-23(20)4/h9,12-14H,5-8,10-11H2,1-4H3,(H,21,22,24). The molecule has 0 radical (unpaired) electrons. The second-order valence-corrected chi connectivity index (χ2v) is 6.42. The Bertz CT molecular complexity index is 688. The predicted molar refractivity (Wildman–Crippen MR) is 99.6 cm³/mol. The van der Waals surface area contributed by atoms with Gasteiger partial charge in [0.15, 0.2) is 0 Å². The molecule has 2 rings (SSSR count). The van der Waals surface area contributed by atoms with Crippen LogP contribution in [0, 0.1) is 6.92 Å². The van der Waals surface area contributed by atoms with Gasteiger partial charge in [0.05, 0.1) is 5.69 Å². The van der Waals surface area contributed by atoms with Gasteiger partial charge in [-0.2, -0.15) is 0 Å². The lowest BCUT2D eigenvalue weighted by Gasteiger charge is -2.11. The Morgan fingerprint density at radius 2 is 1.96 bits per heavy atom. The summed E-state index contributed by atoms with van der Waals surface area (Å²) in [5, 5.41) is 2.95. The smallest absolute Gasteiger partial charge is 0.258 e. The maximum atomic E-state index is 12.7. The fourth-order valence-electron chi connectivity index (χ4n) is 2.96. The first-order valence-electron chi connectivity index (χ1n) is 8.98. The molecule has 0 saturated heterocycles. The van der Waals surface area contributed by atoms with Crippen molar-refractivity contribution in [1.29, 1.82) is 0 Å². The Morgan fingerprint density at radius 3 is 2.67 bits per heavy atom. The zero-order chi connectivity index (χ0) is 17.5. The molecular weight excluding hydrogens is 298 g/mol. The number of carbonyl (C=O) groups is 1. The van der Waals surface area contributed by atoms with Gasteiger partial charge in [-0.3, -0.25) is 10.1 Å². The number of imidazole rings is 1. The number of aryl methyl sites for hydroxylation is 3. The topological polar surface area (TPSA) is 46.9 Å². The molecule has 130 valence electrons. The maximum absolute atomic E-state index is 12.7. The Balaban J connectivity index is 2.13. The van der Waals surface area contributed by atoms with Gasteiger partial charge in [0, 0.05) is 18.8 Å². The quantitative estimate of drug-likeness (QED) is 0.716. The first kappa shape index (κ1) is 18.2. The summed E-state index contributed by atoms with van der Waals surface area (Å²) in [4.78, 5) is 17.2. The van der Waals surface area contributed by atoms with Crippen LogP contribution in [0.1, 0.15) is 66.7 Å². The van der Waals surface area contributed by atoms with Crippen molar-refractivity contribution in [3.8, 4) is 0 Å². The molecule has 0 saturated carbocycles. The van der Waals surface area contributed by atoms with Gasteiger partial charge in [-0.05, 0) is 43.4 Å². The molecule has 1 aromatic heterocycles. The predicted octanol–water partition coefficient (Wildman–Crippen LogP) is 4.67. The number of nitrogens with one attached hydrogen (secondary N) is 1. The number of nitrogens with zero attached hydrogens (tertiary/aromatic N) is 2. The zero-order valence-electron chi connectivity index (χ0n) is 15.4. The molecule has 1 amide bonds. The van der Waals surface area contributed by atoms with Crippen LogP contribution in [-0.4, -0.2) is 15.5 Å². The highest BCUT2D eigenvalue weighted by molar-refractivity contribution is 6.04. The molecule has 0 aliphatic heterocycles. The van der Waals surface area contributed by atoms with E-state index in [0.29, 0.717) is 5.95 Å². The van der Waals surface area contributed by atoms with E-state index in [1.165, 1.54) is 24.8 Å². The van der Waals surface area contributed by atoms with Gasteiger partial charge in [-0.25, -0.2) is 4.98 Å². The second-order valence-electron chi connectivity index (χ2n) is 6.42. The fourth-order valence-corrected chi connectivity index (χ4v) is 2.96. The van der Waals surface area contributed by atoms with Crippen LogP contribution in [0.5, 0.6) is 0 Å². The normalized spacial score (nSPS) is 10.8. The third kappa shape index (κ3) is 4.47. The van der Waals surface area contributed by atoms with Gasteiger partial charge in [-0.15, -0.1) is 0 Å². The minimum atomic E-state index is -0.0819. The van der Waals surface area contributed by atoms with Crippen molar-refractivity contribution in [3.63, 3.8) is 0 Å². The molecule has 0 bridgehead atoms. The molecule has 4 nitrogen and oxygen atoms in total. The number of hydrogen-bond acceptors (Lipinski definition) is 2. The number of carbonyl (C=O) groups excluding carboxylic acids is 1. The van der Waals surface area contributed by atoms with Crippen molar-refractivity contribution in [2.24, 2.45) is 7.05 Å². The average molecular weight is 327 g/mol. The molecule has 0 spiro atoms. The lowest BCUT2D eigenvalue weighted by atomic mass is 9.97. The molecule has 1 heterocycles. The summed E-state index contributed by atoms with van der Waals surface area (Å²) < 4.78 is 1.88. The van der Waals surface area contributed by atoms with Crippen molar-refractivity contribution >= 4 is 11.9 Å². The zero-order valence-corrected chi connectivity index (χ0v) is 15.4. The molecule has 0 aliphatic rings. The monoisotopic (exact) mass is 327 g/mol. The molecule has 1 aromatic carbocycles. The molecule has 1 N–H and O–H groups in total. The molecule has 0 aliphatic carbocycles. The van der Waals surface area contributed by atoms with E-state index < -0.39 is 0 Å². The largest absolute Gasteiger partial charge is 0.320 e. The summed E-state index contributed by atoms with van der Waals surface area (Å²) in [7, 11) is 1.91. The first-order valence-corrected chi connectivity index (χ1v) is 8.98. The van der Waals surface area contributed by atoms with Crippen LogP contribution in [0.2, 0.25) is 0 Å². The van der Waals surface area contributed by atoms with Crippen LogP contribution < -0.4 is 5.32 Å². The number of hydrogen-bond donors (Lipinski definition) is 1. The lowest BCUT2D eigenvalue weighted by Crippen LogP contribution is -2.16. The van der Waals surface area contributed by atoms with Crippen LogP contribution in [0.3, 0.4) is 0 Å². The van der Waals surface area contributed by atoms with E-state index in [-0.39, 0.29) is 5.91 Å². The highest BCUT2D eigenvalue weighted by atomic mass is 16.1. The van der Waals surface area contributed by atoms with E-state index in [1.54, 1.807) is 0 Å². The molecule has 2 aromatic rings. The van der Waals surface area contributed by atoms with E-state index in [0.717, 1.165) is 36.1 Å². The number of anilines is 1. The van der Waals surface area contributed by atoms with E-state index in [2.05, 4.69) is 30.2 Å². The maximum Gasteiger partial charge on any atom is 0.258 e. The summed E-state index contributed by atoms with van der Waals surface area (Å²) >= 11 is 0. The fraction of sp³-hybridized carbons (Fsp3) is 0.500. The van der Waals surface area contributed by atoms with Crippen molar-refractivity contribution < 1.29 is 4.79 Å². The third-order valence-electron chi connectivity index (χ3n) is 4.40. The summed E-state index contributed by atoms with van der Waals surface area (Å²) in [6.07, 6.45) is 8.58. The van der Waals surface area contributed by atoms with Gasteiger partial charge >= 0.3 is 0 Å². The van der Waals surface area contributed by atoms with Crippen LogP contribution in [0.4, 0.5) is 5.95 Å². The van der Waals surface area contributed by atoms with Gasteiger partial charge in [0.2, 0.25) is 5.95 Å². The van der Waals surface area contributed by atoms with Crippen molar-refractivity contribution in [1.82, 2.24) is 9.55 Å². The van der Waals surface area contributed by atoms with Crippen LogP contribution >= 0.6 is 0 Å². The van der Waals surface area contributed by atoms with Gasteiger partial charge < -0.3 is 4.57 Å². The number of benzene rings is 1. The van der Waals surface area contributed by atoms with E-state index in [1.807, 2.05) is 36.9 Å². The molecule has 4 heteroatoms. The number of amides is 1. The Morgan fingerprint density at radius 1 is 1.17 bits per heavy atom.